The summed E-state index contributed by atoms with van der Waals surface area (Å²) in [6.45, 7) is 0.387. The average Bonchev–Trinajstić information content (AvgIpc) is 2.68. The minimum absolute atomic E-state index is 0.0148. The molecule has 26 heavy (non-hydrogen) atoms. The van der Waals surface area contributed by atoms with Crippen LogP contribution in [0.2, 0.25) is 0 Å². The molecule has 2 heterocycles. The van der Waals surface area contributed by atoms with Crippen molar-refractivity contribution in [2.24, 2.45) is 5.92 Å². The Morgan fingerprint density at radius 2 is 2.15 bits per heavy atom. The summed E-state index contributed by atoms with van der Waals surface area (Å²) >= 11 is 5.76. The van der Waals surface area contributed by atoms with E-state index in [1.165, 1.54) is 4.90 Å². The molecule has 2 unspecified atom stereocenters. The Morgan fingerprint density at radius 3 is 2.81 bits per heavy atom. The van der Waals surface area contributed by atoms with Crippen molar-refractivity contribution in [2.75, 3.05) is 26.8 Å². The molecule has 1 aromatic heterocycles. The van der Waals surface area contributed by atoms with Crippen molar-refractivity contribution in [1.29, 1.82) is 0 Å². The summed E-state index contributed by atoms with van der Waals surface area (Å²) in [5.41, 5.74) is 0.818. The highest BCUT2D eigenvalue weighted by molar-refractivity contribution is 7.80. The van der Waals surface area contributed by atoms with Gasteiger partial charge in [0.15, 0.2) is 0 Å². The van der Waals surface area contributed by atoms with Crippen LogP contribution >= 0.6 is 12.2 Å². The highest BCUT2D eigenvalue weighted by Gasteiger charge is 2.45. The van der Waals surface area contributed by atoms with Crippen LogP contribution in [-0.2, 0) is 19.7 Å². The summed E-state index contributed by atoms with van der Waals surface area (Å²) in [7, 11) is 1.86. The summed E-state index contributed by atoms with van der Waals surface area (Å²) in [6, 6.07) is 4.02. The lowest BCUT2D eigenvalue weighted by molar-refractivity contribution is -0.158. The van der Waals surface area contributed by atoms with E-state index in [4.69, 9.17) is 17.0 Å². The smallest absolute Gasteiger partial charge is 0.255 e. The Hall–Kier alpha value is -1.86. The van der Waals surface area contributed by atoms with Gasteiger partial charge in [0.25, 0.3) is 11.8 Å². The van der Waals surface area contributed by atoms with Crippen molar-refractivity contribution in [2.45, 2.75) is 37.5 Å². The Kier molecular flexibility index (Phi) is 5.98. The number of nitrogens with zero attached hydrogens (tertiary/aromatic N) is 2. The molecule has 0 aromatic carbocycles. The van der Waals surface area contributed by atoms with Gasteiger partial charge in [-0.05, 0) is 36.8 Å². The van der Waals surface area contributed by atoms with Gasteiger partial charge in [0.05, 0.1) is 4.99 Å². The van der Waals surface area contributed by atoms with Gasteiger partial charge in [0.2, 0.25) is 0 Å². The maximum Gasteiger partial charge on any atom is 0.255 e. The SMILES string of the molecule is CNC(=S)C1(c2cccnc2)CCCCC1CCN1C(=O)COCC1=O. The fourth-order valence-electron chi connectivity index (χ4n) is 4.35. The van der Waals surface area contributed by atoms with Gasteiger partial charge in [-0.2, -0.15) is 0 Å². The number of imide groups is 1. The van der Waals surface area contributed by atoms with E-state index in [1.807, 2.05) is 19.3 Å². The Balaban J connectivity index is 1.86. The molecule has 0 spiro atoms. The maximum absolute atomic E-state index is 12.0. The van der Waals surface area contributed by atoms with Crippen LogP contribution in [0.15, 0.2) is 24.5 Å². The zero-order chi connectivity index (χ0) is 18.6. The third-order valence-corrected chi connectivity index (χ3v) is 6.20. The molecule has 1 aliphatic heterocycles. The molecule has 7 heteroatoms. The number of carbonyl (C=O) groups excluding carboxylic acids is 2. The predicted octanol–water partition coefficient (Wildman–Crippen LogP) is 1.83. The summed E-state index contributed by atoms with van der Waals surface area (Å²) in [5.74, 6) is -0.246. The summed E-state index contributed by atoms with van der Waals surface area (Å²) in [6.07, 6.45) is 8.59. The number of carbonyl (C=O) groups is 2. The van der Waals surface area contributed by atoms with Crippen LogP contribution in [0.5, 0.6) is 0 Å². The minimum atomic E-state index is -0.297. The summed E-state index contributed by atoms with van der Waals surface area (Å²) < 4.78 is 5.00. The number of morpholine rings is 1. The van der Waals surface area contributed by atoms with Crippen LogP contribution in [0.1, 0.15) is 37.7 Å². The number of hydrogen-bond donors (Lipinski definition) is 1. The maximum atomic E-state index is 12.0. The first kappa shape index (κ1) is 18.9. The average molecular weight is 375 g/mol. The fraction of sp³-hybridized carbons (Fsp3) is 0.579. The van der Waals surface area contributed by atoms with Gasteiger partial charge < -0.3 is 10.1 Å². The second-order valence-electron chi connectivity index (χ2n) is 6.96. The van der Waals surface area contributed by atoms with E-state index in [2.05, 4.69) is 16.4 Å². The lowest BCUT2D eigenvalue weighted by Gasteiger charge is -2.45. The van der Waals surface area contributed by atoms with Crippen LogP contribution in [0.25, 0.3) is 0 Å². The Bertz CT molecular complexity index is 666. The minimum Gasteiger partial charge on any atom is -0.382 e. The van der Waals surface area contributed by atoms with Crippen molar-refractivity contribution in [3.63, 3.8) is 0 Å². The Morgan fingerprint density at radius 1 is 1.38 bits per heavy atom. The van der Waals surface area contributed by atoms with E-state index in [0.717, 1.165) is 42.7 Å². The molecule has 1 N–H and O–H groups in total. The number of thiocarbonyl (C=S) groups is 1. The molecule has 6 nitrogen and oxygen atoms in total. The van der Waals surface area contributed by atoms with Gasteiger partial charge >= 0.3 is 0 Å². The highest BCUT2D eigenvalue weighted by Crippen LogP contribution is 2.46. The normalized spacial score (nSPS) is 26.7. The van der Waals surface area contributed by atoms with Crippen LogP contribution in [0.4, 0.5) is 0 Å². The first-order valence-corrected chi connectivity index (χ1v) is 9.54. The van der Waals surface area contributed by atoms with E-state index >= 15 is 0 Å². The molecule has 2 aliphatic rings. The van der Waals surface area contributed by atoms with Crippen molar-refractivity contribution < 1.29 is 14.3 Å². The van der Waals surface area contributed by atoms with Crippen molar-refractivity contribution >= 4 is 29.0 Å². The topological polar surface area (TPSA) is 71.5 Å². The lowest BCUT2D eigenvalue weighted by Crippen LogP contribution is -2.51. The zero-order valence-electron chi connectivity index (χ0n) is 15.1. The number of amides is 2. The molecular formula is C19H25N3O3S. The molecule has 2 atom stereocenters. The quantitative estimate of drug-likeness (QED) is 0.625. The fourth-order valence-corrected chi connectivity index (χ4v) is 4.74. The molecule has 2 fully saturated rings. The van der Waals surface area contributed by atoms with Gasteiger partial charge in [-0.1, -0.05) is 31.1 Å². The molecule has 0 radical (unpaired) electrons. The second kappa shape index (κ2) is 8.22. The highest BCUT2D eigenvalue weighted by atomic mass is 32.1. The predicted molar refractivity (Wildman–Crippen MR) is 102 cm³/mol. The van der Waals surface area contributed by atoms with Crippen LogP contribution < -0.4 is 5.32 Å². The molecule has 2 amide bonds. The summed E-state index contributed by atoms with van der Waals surface area (Å²) in [4.78, 5) is 30.5. The zero-order valence-corrected chi connectivity index (χ0v) is 15.9. The van der Waals surface area contributed by atoms with Crippen molar-refractivity contribution in [1.82, 2.24) is 15.2 Å². The molecule has 1 saturated carbocycles. The van der Waals surface area contributed by atoms with E-state index in [9.17, 15) is 9.59 Å². The first-order chi connectivity index (χ1) is 12.6. The molecule has 140 valence electrons. The van der Waals surface area contributed by atoms with E-state index < -0.39 is 0 Å². The molecular weight excluding hydrogens is 350 g/mol. The number of ether oxygens (including phenoxy) is 1. The Labute approximate surface area is 159 Å². The number of likely N-dealkylation sites (N-methyl/N-ethyl adjacent to an activating group) is 1. The van der Waals surface area contributed by atoms with Gasteiger partial charge in [-0.3, -0.25) is 19.5 Å². The number of aromatic nitrogens is 1. The van der Waals surface area contributed by atoms with Crippen LogP contribution in [0, 0.1) is 5.92 Å². The molecule has 3 rings (SSSR count). The largest absolute Gasteiger partial charge is 0.382 e. The van der Waals surface area contributed by atoms with Crippen molar-refractivity contribution in [3.05, 3.63) is 30.1 Å². The lowest BCUT2D eigenvalue weighted by atomic mass is 9.61. The third-order valence-electron chi connectivity index (χ3n) is 5.63. The monoisotopic (exact) mass is 375 g/mol. The molecule has 1 aliphatic carbocycles. The van der Waals surface area contributed by atoms with Gasteiger partial charge in [-0.15, -0.1) is 0 Å². The van der Waals surface area contributed by atoms with E-state index in [0.29, 0.717) is 6.54 Å². The standard InChI is InChI=1S/C19H25N3O3S/c1-20-18(26)19(15-6-4-9-21-11-15)8-3-2-5-14(19)7-10-22-16(23)12-25-13-17(22)24/h4,6,9,11,14H,2-3,5,7-8,10,12-13H2,1H3,(H,20,26). The second-order valence-corrected chi connectivity index (χ2v) is 7.36. The van der Waals surface area contributed by atoms with Gasteiger partial charge in [0.1, 0.15) is 13.2 Å². The first-order valence-electron chi connectivity index (χ1n) is 9.13. The third kappa shape index (κ3) is 3.50. The van der Waals surface area contributed by atoms with Gasteiger partial charge in [0, 0.05) is 31.4 Å². The number of rotatable bonds is 5. The number of pyridine rings is 1. The van der Waals surface area contributed by atoms with E-state index in [1.54, 1.807) is 6.20 Å². The number of nitrogens with one attached hydrogen (secondary N) is 1. The van der Waals surface area contributed by atoms with Crippen molar-refractivity contribution in [3.8, 4) is 0 Å². The molecule has 1 aromatic rings. The van der Waals surface area contributed by atoms with Crippen LogP contribution in [-0.4, -0.2) is 53.5 Å². The molecule has 1 saturated heterocycles. The van der Waals surface area contributed by atoms with Gasteiger partial charge in [-0.25, -0.2) is 0 Å². The summed E-state index contributed by atoms with van der Waals surface area (Å²) in [5, 5.41) is 3.20. The number of hydrogen-bond acceptors (Lipinski definition) is 5. The molecule has 0 bridgehead atoms. The van der Waals surface area contributed by atoms with Crippen LogP contribution in [0.3, 0.4) is 0 Å². The van der Waals surface area contributed by atoms with E-state index in [-0.39, 0.29) is 36.4 Å².